The number of ketones is 1. The average molecular weight is 492 g/mol. The molecule has 0 saturated heterocycles. The first-order chi connectivity index (χ1) is 17.7. The number of thioether (sulfide) groups is 1. The van der Waals surface area contributed by atoms with Gasteiger partial charge >= 0.3 is 0 Å². The maximum Gasteiger partial charge on any atom is 0.196 e. The highest BCUT2D eigenvalue weighted by Gasteiger charge is 2.17. The van der Waals surface area contributed by atoms with E-state index in [-0.39, 0.29) is 18.1 Å². The number of carbonyl (C=O) groups is 1. The molecule has 1 heterocycles. The standard InChI is InChI=1S/C30H25N3O2S/c1-22-12-18-27(19-13-22)35-20-29-31-32-30(33(29)26-10-6-3-7-11-26)36-21-28(34)25-16-14-24(15-17-25)23-8-4-2-5-9-23/h2-19H,20-21H2,1H3. The van der Waals surface area contributed by atoms with Gasteiger partial charge in [-0.05, 0) is 42.3 Å². The first-order valence-corrected chi connectivity index (χ1v) is 12.7. The van der Waals surface area contributed by atoms with E-state index in [9.17, 15) is 4.79 Å². The van der Waals surface area contributed by atoms with Crippen molar-refractivity contribution in [3.8, 4) is 22.6 Å². The quantitative estimate of drug-likeness (QED) is 0.168. The number of rotatable bonds is 9. The van der Waals surface area contributed by atoms with Gasteiger partial charge < -0.3 is 4.74 Å². The summed E-state index contributed by atoms with van der Waals surface area (Å²) in [5.41, 5.74) is 4.99. The third-order valence-electron chi connectivity index (χ3n) is 5.75. The van der Waals surface area contributed by atoms with E-state index in [0.717, 1.165) is 22.6 Å². The van der Waals surface area contributed by atoms with Gasteiger partial charge in [0.25, 0.3) is 0 Å². The molecular formula is C30H25N3O2S. The maximum atomic E-state index is 13.0. The van der Waals surface area contributed by atoms with Crippen LogP contribution in [0.5, 0.6) is 5.75 Å². The molecule has 0 aliphatic heterocycles. The summed E-state index contributed by atoms with van der Waals surface area (Å²) >= 11 is 1.37. The predicted octanol–water partition coefficient (Wildman–Crippen LogP) is 6.80. The molecule has 0 saturated carbocycles. The van der Waals surface area contributed by atoms with Crippen molar-refractivity contribution in [2.45, 2.75) is 18.7 Å². The minimum atomic E-state index is 0.0414. The molecule has 5 nitrogen and oxygen atoms in total. The fourth-order valence-electron chi connectivity index (χ4n) is 3.80. The molecule has 0 aliphatic rings. The van der Waals surface area contributed by atoms with E-state index in [1.807, 2.05) is 109 Å². The van der Waals surface area contributed by atoms with Crippen LogP contribution >= 0.6 is 11.8 Å². The number of para-hydroxylation sites is 1. The Morgan fingerprint density at radius 3 is 2.11 bits per heavy atom. The van der Waals surface area contributed by atoms with Crippen LogP contribution in [0.2, 0.25) is 0 Å². The molecule has 0 spiro atoms. The summed E-state index contributed by atoms with van der Waals surface area (Å²) in [7, 11) is 0. The van der Waals surface area contributed by atoms with Gasteiger partial charge in [-0.15, -0.1) is 10.2 Å². The van der Waals surface area contributed by atoms with E-state index in [4.69, 9.17) is 4.74 Å². The molecule has 0 amide bonds. The molecule has 4 aromatic carbocycles. The summed E-state index contributed by atoms with van der Waals surface area (Å²) in [5, 5.41) is 9.41. The van der Waals surface area contributed by atoms with Crippen LogP contribution in [-0.2, 0) is 6.61 Å². The summed E-state index contributed by atoms with van der Waals surface area (Å²) < 4.78 is 7.91. The molecule has 36 heavy (non-hydrogen) atoms. The van der Waals surface area contributed by atoms with Crippen LogP contribution in [0.4, 0.5) is 0 Å². The van der Waals surface area contributed by atoms with Crippen molar-refractivity contribution in [2.75, 3.05) is 5.75 Å². The van der Waals surface area contributed by atoms with Crippen molar-refractivity contribution in [1.82, 2.24) is 14.8 Å². The van der Waals surface area contributed by atoms with Crippen molar-refractivity contribution >= 4 is 17.5 Å². The van der Waals surface area contributed by atoms with Gasteiger partial charge in [0, 0.05) is 11.3 Å². The third-order valence-corrected chi connectivity index (χ3v) is 6.68. The van der Waals surface area contributed by atoms with Crippen LogP contribution in [0, 0.1) is 6.92 Å². The lowest BCUT2D eigenvalue weighted by Gasteiger charge is -2.11. The monoisotopic (exact) mass is 491 g/mol. The fraction of sp³-hybridized carbons (Fsp3) is 0.100. The molecule has 178 valence electrons. The van der Waals surface area contributed by atoms with Crippen LogP contribution in [-0.4, -0.2) is 26.3 Å². The maximum absolute atomic E-state index is 13.0. The van der Waals surface area contributed by atoms with Gasteiger partial charge in [0.15, 0.2) is 16.8 Å². The van der Waals surface area contributed by atoms with Crippen LogP contribution in [0.1, 0.15) is 21.7 Å². The topological polar surface area (TPSA) is 57.0 Å². The second-order valence-electron chi connectivity index (χ2n) is 8.33. The van der Waals surface area contributed by atoms with E-state index in [1.165, 1.54) is 17.3 Å². The highest BCUT2D eigenvalue weighted by Crippen LogP contribution is 2.25. The predicted molar refractivity (Wildman–Crippen MR) is 144 cm³/mol. The zero-order chi connectivity index (χ0) is 24.7. The Labute approximate surface area is 214 Å². The molecule has 5 aromatic rings. The summed E-state index contributed by atoms with van der Waals surface area (Å²) in [6, 6.07) is 35.6. The van der Waals surface area contributed by atoms with Gasteiger partial charge in [-0.3, -0.25) is 9.36 Å². The van der Waals surface area contributed by atoms with E-state index in [0.29, 0.717) is 16.5 Å². The van der Waals surface area contributed by atoms with Gasteiger partial charge in [0.1, 0.15) is 12.4 Å². The zero-order valence-electron chi connectivity index (χ0n) is 19.9. The second kappa shape index (κ2) is 11.1. The van der Waals surface area contributed by atoms with Crippen molar-refractivity contribution in [1.29, 1.82) is 0 Å². The van der Waals surface area contributed by atoms with Crippen LogP contribution in [0.25, 0.3) is 16.8 Å². The number of aromatic nitrogens is 3. The second-order valence-corrected chi connectivity index (χ2v) is 9.27. The zero-order valence-corrected chi connectivity index (χ0v) is 20.7. The Hall–Kier alpha value is -4.16. The molecule has 0 fully saturated rings. The number of ether oxygens (including phenoxy) is 1. The summed E-state index contributed by atoms with van der Waals surface area (Å²) in [5.74, 6) is 1.74. The Kier molecular flexibility index (Phi) is 7.24. The van der Waals surface area contributed by atoms with Gasteiger partial charge in [-0.2, -0.15) is 0 Å². The number of hydrogen-bond acceptors (Lipinski definition) is 5. The van der Waals surface area contributed by atoms with E-state index >= 15 is 0 Å². The third kappa shape index (κ3) is 5.56. The largest absolute Gasteiger partial charge is 0.486 e. The molecule has 0 unspecified atom stereocenters. The van der Waals surface area contributed by atoms with Crippen molar-refractivity contribution in [3.63, 3.8) is 0 Å². The van der Waals surface area contributed by atoms with Crippen molar-refractivity contribution in [3.05, 3.63) is 126 Å². The number of carbonyl (C=O) groups excluding carboxylic acids is 1. The molecule has 1 aromatic heterocycles. The number of nitrogens with zero attached hydrogens (tertiary/aromatic N) is 3. The Morgan fingerprint density at radius 2 is 1.42 bits per heavy atom. The summed E-state index contributed by atoms with van der Waals surface area (Å²) in [6.45, 7) is 2.30. The minimum absolute atomic E-state index is 0.0414. The highest BCUT2D eigenvalue weighted by molar-refractivity contribution is 7.99. The SMILES string of the molecule is Cc1ccc(OCc2nnc(SCC(=O)c3ccc(-c4ccccc4)cc3)n2-c2ccccc2)cc1. The van der Waals surface area contributed by atoms with Crippen LogP contribution < -0.4 is 4.74 Å². The molecule has 0 bridgehead atoms. The first-order valence-electron chi connectivity index (χ1n) is 11.7. The Morgan fingerprint density at radius 1 is 0.778 bits per heavy atom. The van der Waals surface area contributed by atoms with Crippen LogP contribution in [0.3, 0.4) is 0 Å². The summed E-state index contributed by atoms with van der Waals surface area (Å²) in [6.07, 6.45) is 0. The smallest absolute Gasteiger partial charge is 0.196 e. The number of hydrogen-bond donors (Lipinski definition) is 0. The van der Waals surface area contributed by atoms with E-state index in [2.05, 4.69) is 22.3 Å². The number of Topliss-reactive ketones (excluding diaryl/α,β-unsaturated/α-hetero) is 1. The van der Waals surface area contributed by atoms with Gasteiger partial charge in [0.05, 0.1) is 5.75 Å². The number of aryl methyl sites for hydroxylation is 1. The van der Waals surface area contributed by atoms with Gasteiger partial charge in [0.2, 0.25) is 0 Å². The van der Waals surface area contributed by atoms with Crippen molar-refractivity contribution < 1.29 is 9.53 Å². The summed E-state index contributed by atoms with van der Waals surface area (Å²) in [4.78, 5) is 13.0. The minimum Gasteiger partial charge on any atom is -0.486 e. The fourth-order valence-corrected chi connectivity index (χ4v) is 4.66. The molecule has 6 heteroatoms. The molecule has 5 rings (SSSR count). The molecule has 0 atom stereocenters. The Balaban J connectivity index is 1.31. The molecule has 0 N–H and O–H groups in total. The van der Waals surface area contributed by atoms with Gasteiger partial charge in [-0.1, -0.05) is 102 Å². The van der Waals surface area contributed by atoms with Gasteiger partial charge in [-0.25, -0.2) is 0 Å². The van der Waals surface area contributed by atoms with Crippen LogP contribution in [0.15, 0.2) is 114 Å². The molecule has 0 radical (unpaired) electrons. The lowest BCUT2D eigenvalue weighted by molar-refractivity contribution is 0.102. The highest BCUT2D eigenvalue weighted by atomic mass is 32.2. The lowest BCUT2D eigenvalue weighted by atomic mass is 10.0. The van der Waals surface area contributed by atoms with E-state index < -0.39 is 0 Å². The normalized spacial score (nSPS) is 10.8. The van der Waals surface area contributed by atoms with E-state index in [1.54, 1.807) is 0 Å². The average Bonchev–Trinajstić information content (AvgIpc) is 3.35. The lowest BCUT2D eigenvalue weighted by Crippen LogP contribution is -2.08. The molecule has 0 aliphatic carbocycles. The Bertz CT molecular complexity index is 1430. The van der Waals surface area contributed by atoms with Crippen molar-refractivity contribution in [2.24, 2.45) is 0 Å². The number of benzene rings is 4. The molecular weight excluding hydrogens is 466 g/mol. The first kappa shape index (κ1) is 23.6.